The largest absolute Gasteiger partial charge is 0.459 e. The van der Waals surface area contributed by atoms with Gasteiger partial charge in [-0.2, -0.15) is 0 Å². The third-order valence-corrected chi connectivity index (χ3v) is 3.77. The van der Waals surface area contributed by atoms with Crippen molar-refractivity contribution in [2.75, 3.05) is 0 Å². The molecule has 1 saturated heterocycles. The molecule has 0 aliphatic carbocycles. The van der Waals surface area contributed by atoms with Crippen LogP contribution in [-0.4, -0.2) is 27.5 Å². The van der Waals surface area contributed by atoms with Crippen LogP contribution in [-0.2, 0) is 16.1 Å². The van der Waals surface area contributed by atoms with Crippen LogP contribution in [0.15, 0.2) is 54.7 Å². The zero-order valence-electron chi connectivity index (χ0n) is 13.8. The molecule has 0 amide bonds. The molecule has 23 heavy (non-hydrogen) atoms. The minimum Gasteiger partial charge on any atom is -0.459 e. The molecule has 1 aromatic carbocycles. The van der Waals surface area contributed by atoms with E-state index < -0.39 is 5.60 Å². The molecule has 2 aromatic rings. The van der Waals surface area contributed by atoms with Gasteiger partial charge in [-0.15, -0.1) is 0 Å². The van der Waals surface area contributed by atoms with Crippen LogP contribution in [0.1, 0.15) is 38.1 Å². The molecule has 3 rings (SSSR count). The molecule has 0 spiro atoms. The van der Waals surface area contributed by atoms with E-state index in [2.05, 4.69) is 22.0 Å². The Kier molecular flexibility index (Phi) is 4.18. The van der Waals surface area contributed by atoms with Gasteiger partial charge in [-0.1, -0.05) is 36.4 Å². The molecule has 120 valence electrons. The summed E-state index contributed by atoms with van der Waals surface area (Å²) in [6, 6.07) is 15.7. The Hall–Kier alpha value is -2.20. The van der Waals surface area contributed by atoms with Crippen molar-refractivity contribution in [3.05, 3.63) is 66.0 Å². The van der Waals surface area contributed by atoms with Crippen LogP contribution in [0.5, 0.6) is 0 Å². The third-order valence-electron chi connectivity index (χ3n) is 3.77. The highest BCUT2D eigenvalue weighted by Gasteiger charge is 2.55. The molecule has 1 unspecified atom stereocenters. The first-order valence-electron chi connectivity index (χ1n) is 7.89. The zero-order valence-corrected chi connectivity index (χ0v) is 13.8. The van der Waals surface area contributed by atoms with Gasteiger partial charge in [-0.05, 0) is 38.5 Å². The summed E-state index contributed by atoms with van der Waals surface area (Å²) in [5, 5.41) is 0. The smallest absolute Gasteiger partial charge is 0.325 e. The Balaban J connectivity index is 1.79. The lowest BCUT2D eigenvalue weighted by Crippen LogP contribution is -2.28. The predicted molar refractivity (Wildman–Crippen MR) is 88.6 cm³/mol. The van der Waals surface area contributed by atoms with Gasteiger partial charge in [0.05, 0.1) is 11.7 Å². The van der Waals surface area contributed by atoms with Crippen molar-refractivity contribution >= 4 is 5.97 Å². The molecular formula is C19H22N2O2. The maximum absolute atomic E-state index is 12.5. The van der Waals surface area contributed by atoms with E-state index in [0.717, 1.165) is 5.69 Å². The van der Waals surface area contributed by atoms with Crippen molar-refractivity contribution in [2.24, 2.45) is 0 Å². The van der Waals surface area contributed by atoms with E-state index in [9.17, 15) is 4.79 Å². The number of nitrogens with zero attached hydrogens (tertiary/aromatic N) is 2. The molecular weight excluding hydrogens is 288 g/mol. The maximum atomic E-state index is 12.5. The minimum atomic E-state index is -0.479. The number of hydrogen-bond donors (Lipinski definition) is 0. The van der Waals surface area contributed by atoms with E-state index in [1.165, 1.54) is 5.56 Å². The number of ether oxygens (including phenoxy) is 1. The summed E-state index contributed by atoms with van der Waals surface area (Å²) in [6.07, 6.45) is 1.76. The van der Waals surface area contributed by atoms with Crippen LogP contribution in [0, 0.1) is 0 Å². The number of benzene rings is 1. The first kappa shape index (κ1) is 15.7. The SMILES string of the molecule is CC(C)(C)OC(=O)[C@@H]1[C@H](c2ccccn2)N1Cc1ccccc1. The van der Waals surface area contributed by atoms with Gasteiger partial charge in [0.15, 0.2) is 0 Å². The van der Waals surface area contributed by atoms with Crippen molar-refractivity contribution in [1.82, 2.24) is 9.88 Å². The molecule has 1 aromatic heterocycles. The Morgan fingerprint density at radius 2 is 1.83 bits per heavy atom. The highest BCUT2D eigenvalue weighted by Crippen LogP contribution is 2.44. The summed E-state index contributed by atoms with van der Waals surface area (Å²) in [4.78, 5) is 19.1. The summed E-state index contributed by atoms with van der Waals surface area (Å²) in [5.74, 6) is -0.177. The number of rotatable bonds is 4. The van der Waals surface area contributed by atoms with Gasteiger partial charge >= 0.3 is 5.97 Å². The first-order chi connectivity index (χ1) is 11.0. The Morgan fingerprint density at radius 1 is 1.13 bits per heavy atom. The quantitative estimate of drug-likeness (QED) is 0.641. The third kappa shape index (κ3) is 3.77. The Labute approximate surface area is 137 Å². The lowest BCUT2D eigenvalue weighted by Gasteiger charge is -2.19. The molecule has 0 radical (unpaired) electrons. The summed E-state index contributed by atoms with van der Waals surface area (Å²) in [6.45, 7) is 6.39. The summed E-state index contributed by atoms with van der Waals surface area (Å²) in [5.41, 5.74) is 1.62. The fourth-order valence-corrected chi connectivity index (χ4v) is 2.78. The number of carbonyl (C=O) groups is 1. The normalized spacial score (nSPS) is 23.3. The number of carbonyl (C=O) groups excluding carboxylic acids is 1. The van der Waals surface area contributed by atoms with Crippen LogP contribution >= 0.6 is 0 Å². The molecule has 0 bridgehead atoms. The fourth-order valence-electron chi connectivity index (χ4n) is 2.78. The molecule has 4 nitrogen and oxygen atoms in total. The van der Waals surface area contributed by atoms with Crippen molar-refractivity contribution in [3.63, 3.8) is 0 Å². The standard InChI is InChI=1S/C19H22N2O2/c1-19(2,3)23-18(22)17-16(15-11-7-8-12-20-15)21(17)13-14-9-5-4-6-10-14/h4-12,16-17H,13H2,1-3H3/t16-,17-,21?/m0/s1. The minimum absolute atomic E-state index is 0.00810. The van der Waals surface area contributed by atoms with Crippen LogP contribution < -0.4 is 0 Å². The second-order valence-electron chi connectivity index (χ2n) is 6.84. The average molecular weight is 310 g/mol. The van der Waals surface area contributed by atoms with Crippen LogP contribution in [0.3, 0.4) is 0 Å². The van der Waals surface area contributed by atoms with Crippen molar-refractivity contribution in [3.8, 4) is 0 Å². The summed E-state index contributed by atoms with van der Waals surface area (Å²) >= 11 is 0. The van der Waals surface area contributed by atoms with Crippen LogP contribution in [0.4, 0.5) is 0 Å². The highest BCUT2D eigenvalue weighted by molar-refractivity contribution is 5.81. The zero-order chi connectivity index (χ0) is 16.4. The highest BCUT2D eigenvalue weighted by atomic mass is 16.6. The number of hydrogen-bond acceptors (Lipinski definition) is 4. The number of aromatic nitrogens is 1. The Bertz CT molecular complexity index is 665. The predicted octanol–water partition coefficient (Wildman–Crippen LogP) is 3.35. The monoisotopic (exact) mass is 310 g/mol. The van der Waals surface area contributed by atoms with E-state index in [0.29, 0.717) is 6.54 Å². The lowest BCUT2D eigenvalue weighted by molar-refractivity contribution is -0.155. The molecule has 1 fully saturated rings. The van der Waals surface area contributed by atoms with Gasteiger partial charge in [0.1, 0.15) is 11.6 Å². The number of esters is 1. The van der Waals surface area contributed by atoms with E-state index in [4.69, 9.17) is 4.74 Å². The van der Waals surface area contributed by atoms with Crippen LogP contribution in [0.25, 0.3) is 0 Å². The maximum Gasteiger partial charge on any atom is 0.325 e. The average Bonchev–Trinajstić information content (AvgIpc) is 3.21. The van der Waals surface area contributed by atoms with Crippen molar-refractivity contribution < 1.29 is 9.53 Å². The topological polar surface area (TPSA) is 42.2 Å². The fraction of sp³-hybridized carbons (Fsp3) is 0.368. The van der Waals surface area contributed by atoms with E-state index in [1.54, 1.807) is 6.20 Å². The summed E-state index contributed by atoms with van der Waals surface area (Å²) in [7, 11) is 0. The molecule has 2 heterocycles. The van der Waals surface area contributed by atoms with Crippen molar-refractivity contribution in [1.29, 1.82) is 0 Å². The summed E-state index contributed by atoms with van der Waals surface area (Å²) < 4.78 is 5.57. The Morgan fingerprint density at radius 3 is 2.43 bits per heavy atom. The molecule has 0 saturated carbocycles. The van der Waals surface area contributed by atoms with Crippen LogP contribution in [0.2, 0.25) is 0 Å². The number of pyridine rings is 1. The molecule has 0 N–H and O–H groups in total. The van der Waals surface area contributed by atoms with Crippen molar-refractivity contribution in [2.45, 2.75) is 45.0 Å². The van der Waals surface area contributed by atoms with E-state index in [-0.39, 0.29) is 18.1 Å². The van der Waals surface area contributed by atoms with Gasteiger partial charge in [-0.3, -0.25) is 14.7 Å². The molecule has 3 atom stereocenters. The van der Waals surface area contributed by atoms with Gasteiger partial charge in [0, 0.05) is 12.7 Å². The lowest BCUT2D eigenvalue weighted by atomic mass is 10.2. The van der Waals surface area contributed by atoms with E-state index >= 15 is 0 Å². The molecule has 4 heteroatoms. The van der Waals surface area contributed by atoms with E-state index in [1.807, 2.05) is 57.2 Å². The van der Waals surface area contributed by atoms with Gasteiger partial charge in [0.25, 0.3) is 0 Å². The van der Waals surface area contributed by atoms with Gasteiger partial charge < -0.3 is 4.74 Å². The molecule has 1 aliphatic heterocycles. The second-order valence-corrected chi connectivity index (χ2v) is 6.84. The molecule has 1 aliphatic rings. The van der Waals surface area contributed by atoms with Gasteiger partial charge in [0.2, 0.25) is 0 Å². The van der Waals surface area contributed by atoms with Gasteiger partial charge in [-0.25, -0.2) is 0 Å². The second kappa shape index (κ2) is 6.13. The first-order valence-corrected chi connectivity index (χ1v) is 7.89.